The third-order valence-electron chi connectivity index (χ3n) is 1.35. The van der Waals surface area contributed by atoms with Crippen molar-refractivity contribution in [3.05, 3.63) is 0 Å². The number of carbonyl (C=O) groups excluding carboxylic acids is 1. The highest BCUT2D eigenvalue weighted by atomic mass is 16.4. The van der Waals surface area contributed by atoms with E-state index in [2.05, 4.69) is 5.32 Å². The Kier molecular flexibility index (Phi) is 3.84. The van der Waals surface area contributed by atoms with Crippen molar-refractivity contribution >= 4 is 11.9 Å². The van der Waals surface area contributed by atoms with Crippen molar-refractivity contribution in [2.24, 2.45) is 5.92 Å². The molecule has 1 unspecified atom stereocenters. The summed E-state index contributed by atoms with van der Waals surface area (Å²) in [6.45, 7) is 3.38. The van der Waals surface area contributed by atoms with Crippen LogP contribution >= 0.6 is 0 Å². The van der Waals surface area contributed by atoms with Crippen LogP contribution < -0.4 is 5.32 Å². The Labute approximate surface area is 71.0 Å². The molecule has 0 aliphatic rings. The molecule has 0 radical (unpaired) electrons. The zero-order chi connectivity index (χ0) is 9.72. The predicted molar refractivity (Wildman–Crippen MR) is 43.2 cm³/mol. The third-order valence-corrected chi connectivity index (χ3v) is 1.35. The molecule has 12 heavy (non-hydrogen) atoms. The van der Waals surface area contributed by atoms with Crippen molar-refractivity contribution in [3.63, 3.8) is 0 Å². The maximum atomic E-state index is 10.6. The van der Waals surface area contributed by atoms with Crippen molar-refractivity contribution in [1.82, 2.24) is 5.32 Å². The highest BCUT2D eigenvalue weighted by molar-refractivity contribution is 5.95. The second-order valence-electron chi connectivity index (χ2n) is 2.68. The SMILES string of the molecule is C#CC(=O)NC(C(=O)O)C(C)C. The zero-order valence-electron chi connectivity index (χ0n) is 7.00. The Morgan fingerprint density at radius 1 is 1.50 bits per heavy atom. The molecule has 4 nitrogen and oxygen atoms in total. The fourth-order valence-corrected chi connectivity index (χ4v) is 0.696. The molecule has 0 heterocycles. The topological polar surface area (TPSA) is 66.4 Å². The largest absolute Gasteiger partial charge is 0.480 e. The van der Waals surface area contributed by atoms with Gasteiger partial charge in [0.1, 0.15) is 6.04 Å². The van der Waals surface area contributed by atoms with E-state index in [9.17, 15) is 9.59 Å². The number of terminal acetylenes is 1. The smallest absolute Gasteiger partial charge is 0.326 e. The van der Waals surface area contributed by atoms with E-state index in [0.29, 0.717) is 0 Å². The number of aliphatic carboxylic acids is 1. The molecule has 0 spiro atoms. The molecule has 0 aromatic rings. The van der Waals surface area contributed by atoms with Gasteiger partial charge in [-0.1, -0.05) is 13.8 Å². The molecule has 0 aromatic heterocycles. The van der Waals surface area contributed by atoms with Crippen LogP contribution in [0.15, 0.2) is 0 Å². The number of amides is 1. The minimum Gasteiger partial charge on any atom is -0.480 e. The minimum absolute atomic E-state index is 0.181. The second kappa shape index (κ2) is 4.39. The van der Waals surface area contributed by atoms with Crippen LogP contribution in [0.4, 0.5) is 0 Å². The van der Waals surface area contributed by atoms with Crippen LogP contribution in [0.3, 0.4) is 0 Å². The second-order valence-corrected chi connectivity index (χ2v) is 2.68. The molecule has 2 N–H and O–H groups in total. The lowest BCUT2D eigenvalue weighted by Gasteiger charge is -2.15. The van der Waals surface area contributed by atoms with Crippen LogP contribution in [0.25, 0.3) is 0 Å². The molecule has 0 fully saturated rings. The van der Waals surface area contributed by atoms with Gasteiger partial charge in [-0.3, -0.25) is 4.79 Å². The summed E-state index contributed by atoms with van der Waals surface area (Å²) in [7, 11) is 0. The van der Waals surface area contributed by atoms with Crippen molar-refractivity contribution in [1.29, 1.82) is 0 Å². The maximum absolute atomic E-state index is 10.6. The lowest BCUT2D eigenvalue weighted by Crippen LogP contribution is -2.43. The molecule has 0 aliphatic heterocycles. The Morgan fingerprint density at radius 2 is 2.00 bits per heavy atom. The molecular weight excluding hydrogens is 158 g/mol. The lowest BCUT2D eigenvalue weighted by atomic mass is 10.1. The first-order chi connectivity index (χ1) is 5.49. The van der Waals surface area contributed by atoms with Crippen molar-refractivity contribution in [3.8, 4) is 12.3 Å². The molecular formula is C8H11NO3. The Morgan fingerprint density at radius 3 is 2.25 bits per heavy atom. The average molecular weight is 169 g/mol. The van der Waals surface area contributed by atoms with Gasteiger partial charge in [-0.15, -0.1) is 6.42 Å². The summed E-state index contributed by atoms with van der Waals surface area (Å²) < 4.78 is 0. The van der Waals surface area contributed by atoms with E-state index in [4.69, 9.17) is 11.5 Å². The number of carboxylic acid groups (broad SMARTS) is 1. The van der Waals surface area contributed by atoms with Gasteiger partial charge in [0, 0.05) is 0 Å². The van der Waals surface area contributed by atoms with E-state index >= 15 is 0 Å². The van der Waals surface area contributed by atoms with E-state index in [1.807, 2.05) is 0 Å². The van der Waals surface area contributed by atoms with E-state index < -0.39 is 17.9 Å². The van der Waals surface area contributed by atoms with Crippen molar-refractivity contribution in [2.45, 2.75) is 19.9 Å². The van der Waals surface area contributed by atoms with Crippen molar-refractivity contribution in [2.75, 3.05) is 0 Å². The first-order valence-corrected chi connectivity index (χ1v) is 3.49. The van der Waals surface area contributed by atoms with Crippen LogP contribution in [0, 0.1) is 18.3 Å². The van der Waals surface area contributed by atoms with Crippen LogP contribution in [-0.2, 0) is 9.59 Å². The zero-order valence-corrected chi connectivity index (χ0v) is 7.00. The standard InChI is InChI=1S/C8H11NO3/c1-4-6(10)9-7(5(2)3)8(11)12/h1,5,7H,2-3H3,(H,9,10)(H,11,12). The normalized spacial score (nSPS) is 11.8. The van der Waals surface area contributed by atoms with E-state index in [-0.39, 0.29) is 5.92 Å². The molecule has 66 valence electrons. The van der Waals surface area contributed by atoms with Gasteiger partial charge >= 0.3 is 5.97 Å². The van der Waals surface area contributed by atoms with Gasteiger partial charge in [-0.2, -0.15) is 0 Å². The molecule has 1 atom stereocenters. The molecule has 0 saturated carbocycles. The summed E-state index contributed by atoms with van der Waals surface area (Å²) in [4.78, 5) is 21.1. The van der Waals surface area contributed by atoms with E-state index in [1.54, 1.807) is 19.8 Å². The Hall–Kier alpha value is -1.50. The van der Waals surface area contributed by atoms with Gasteiger partial charge in [-0.25, -0.2) is 4.79 Å². The van der Waals surface area contributed by atoms with Crippen LogP contribution in [0.2, 0.25) is 0 Å². The molecule has 1 amide bonds. The molecule has 0 aromatic carbocycles. The van der Waals surface area contributed by atoms with E-state index in [1.165, 1.54) is 0 Å². The maximum Gasteiger partial charge on any atom is 0.326 e. The number of hydrogen-bond donors (Lipinski definition) is 2. The summed E-state index contributed by atoms with van der Waals surface area (Å²) in [5.74, 6) is -0.162. The number of carbonyl (C=O) groups is 2. The van der Waals surface area contributed by atoms with Gasteiger partial charge in [0.05, 0.1) is 0 Å². The summed E-state index contributed by atoms with van der Waals surface area (Å²) >= 11 is 0. The summed E-state index contributed by atoms with van der Waals surface area (Å²) in [6, 6.07) is -0.909. The van der Waals surface area contributed by atoms with Gasteiger partial charge in [0.2, 0.25) is 0 Å². The fourth-order valence-electron chi connectivity index (χ4n) is 0.696. The Balaban J connectivity index is 4.26. The monoisotopic (exact) mass is 169 g/mol. The average Bonchev–Trinajstić information content (AvgIpc) is 1.98. The summed E-state index contributed by atoms with van der Waals surface area (Å²) in [5.41, 5.74) is 0. The summed E-state index contributed by atoms with van der Waals surface area (Å²) in [5, 5.41) is 10.8. The quantitative estimate of drug-likeness (QED) is 0.577. The lowest BCUT2D eigenvalue weighted by molar-refractivity contribution is -0.142. The van der Waals surface area contributed by atoms with Crippen LogP contribution in [0.1, 0.15) is 13.8 Å². The third kappa shape index (κ3) is 3.06. The highest BCUT2D eigenvalue weighted by Gasteiger charge is 2.22. The summed E-state index contributed by atoms with van der Waals surface area (Å²) in [6.07, 6.45) is 4.77. The molecule has 0 rings (SSSR count). The fraction of sp³-hybridized carbons (Fsp3) is 0.500. The van der Waals surface area contributed by atoms with Gasteiger partial charge in [0.25, 0.3) is 5.91 Å². The number of carboxylic acids is 1. The number of rotatable bonds is 3. The van der Waals surface area contributed by atoms with E-state index in [0.717, 1.165) is 0 Å². The van der Waals surface area contributed by atoms with Gasteiger partial charge in [0.15, 0.2) is 0 Å². The first-order valence-electron chi connectivity index (χ1n) is 3.49. The molecule has 0 saturated heterocycles. The van der Waals surface area contributed by atoms with Crippen molar-refractivity contribution < 1.29 is 14.7 Å². The van der Waals surface area contributed by atoms with Crippen LogP contribution in [0.5, 0.6) is 0 Å². The van der Waals surface area contributed by atoms with Crippen LogP contribution in [-0.4, -0.2) is 23.0 Å². The number of hydrogen-bond acceptors (Lipinski definition) is 2. The minimum atomic E-state index is -1.08. The molecule has 0 aliphatic carbocycles. The predicted octanol–water partition coefficient (Wildman–Crippen LogP) is -0.155. The first kappa shape index (κ1) is 10.5. The van der Waals surface area contributed by atoms with Gasteiger partial charge in [-0.05, 0) is 11.8 Å². The number of nitrogens with one attached hydrogen (secondary N) is 1. The molecule has 0 bridgehead atoms. The van der Waals surface area contributed by atoms with Gasteiger partial charge < -0.3 is 10.4 Å². The highest BCUT2D eigenvalue weighted by Crippen LogP contribution is 2.00. The Bertz CT molecular complexity index is 227. The molecule has 4 heteroatoms.